The van der Waals surface area contributed by atoms with Gasteiger partial charge in [0.15, 0.2) is 0 Å². The summed E-state index contributed by atoms with van der Waals surface area (Å²) in [6.07, 6.45) is 38.3. The molecule has 1 heteroatoms. The molecule has 3 rings (SSSR count). The van der Waals surface area contributed by atoms with E-state index in [2.05, 4.69) is 140 Å². The van der Waals surface area contributed by atoms with Gasteiger partial charge in [0.1, 0.15) is 0 Å². The molecule has 3 aliphatic rings. The zero-order chi connectivity index (χ0) is 29.9. The van der Waals surface area contributed by atoms with Crippen molar-refractivity contribution in [1.82, 2.24) is 0 Å². The Morgan fingerprint density at radius 2 is 1.02 bits per heavy atom. The van der Waals surface area contributed by atoms with Crippen molar-refractivity contribution in [3.63, 3.8) is 0 Å². The molecule has 2 aliphatic carbocycles. The first-order valence-corrected chi connectivity index (χ1v) is 15.6. The summed E-state index contributed by atoms with van der Waals surface area (Å²) in [5, 5.41) is 0. The zero-order valence-corrected chi connectivity index (χ0v) is 27.1. The van der Waals surface area contributed by atoms with Crippen LogP contribution in [0.4, 0.5) is 0 Å². The van der Waals surface area contributed by atoms with E-state index in [-0.39, 0.29) is 5.41 Å². The van der Waals surface area contributed by atoms with Gasteiger partial charge in [-0.25, -0.2) is 0 Å². The van der Waals surface area contributed by atoms with Crippen LogP contribution >= 0.6 is 0 Å². The maximum Gasteiger partial charge on any atom is 0.0585 e. The Hall–Kier alpha value is -2.90. The van der Waals surface area contributed by atoms with Gasteiger partial charge in [0.05, 0.1) is 13.2 Å². The Balaban J connectivity index is 1.48. The highest BCUT2D eigenvalue weighted by atomic mass is 16.5. The van der Waals surface area contributed by atoms with Crippen LogP contribution in [-0.4, -0.2) is 13.2 Å². The van der Waals surface area contributed by atoms with Crippen molar-refractivity contribution in [2.45, 2.75) is 93.9 Å². The second-order valence-corrected chi connectivity index (χ2v) is 13.2. The highest BCUT2D eigenvalue weighted by molar-refractivity contribution is 5.40. The highest BCUT2D eigenvalue weighted by Gasteiger charge is 2.43. The summed E-state index contributed by atoms with van der Waals surface area (Å²) in [6.45, 7) is 19.7. The molecule has 1 saturated heterocycles. The lowest BCUT2D eigenvalue weighted by atomic mass is 9.68. The molecular weight excluding hydrogens is 496 g/mol. The van der Waals surface area contributed by atoms with Gasteiger partial charge in [-0.3, -0.25) is 0 Å². The number of ether oxygens (including phenoxy) is 1. The van der Waals surface area contributed by atoms with Gasteiger partial charge in [0, 0.05) is 5.41 Å². The van der Waals surface area contributed by atoms with Gasteiger partial charge >= 0.3 is 0 Å². The first-order valence-electron chi connectivity index (χ1n) is 15.6. The van der Waals surface area contributed by atoms with E-state index in [9.17, 15) is 0 Å². The lowest BCUT2D eigenvalue weighted by Crippen LogP contribution is -2.45. The molecule has 0 aromatic heterocycles. The van der Waals surface area contributed by atoms with E-state index in [0.29, 0.717) is 5.41 Å². The van der Waals surface area contributed by atoms with Gasteiger partial charge in [-0.2, -0.15) is 0 Å². The average molecular weight is 551 g/mol. The maximum atomic E-state index is 5.59. The fourth-order valence-corrected chi connectivity index (χ4v) is 6.16. The Morgan fingerprint density at radius 1 is 0.585 bits per heavy atom. The van der Waals surface area contributed by atoms with E-state index in [1.807, 2.05) is 0 Å². The lowest BCUT2D eigenvalue weighted by molar-refractivity contribution is -0.0953. The zero-order valence-electron chi connectivity index (χ0n) is 27.1. The van der Waals surface area contributed by atoms with Crippen LogP contribution in [0.15, 0.2) is 130 Å². The summed E-state index contributed by atoms with van der Waals surface area (Å²) in [5.41, 5.74) is 11.7. The summed E-state index contributed by atoms with van der Waals surface area (Å²) in [4.78, 5) is 0. The Kier molecular flexibility index (Phi) is 12.2. The molecule has 0 N–H and O–H groups in total. The largest absolute Gasteiger partial charge is 0.379 e. The molecule has 1 aliphatic heterocycles. The third kappa shape index (κ3) is 9.86. The van der Waals surface area contributed by atoms with Crippen LogP contribution in [0, 0.1) is 10.8 Å². The maximum absolute atomic E-state index is 5.59. The second kappa shape index (κ2) is 15.4. The first kappa shape index (κ1) is 32.6. The van der Waals surface area contributed by atoms with E-state index in [1.54, 1.807) is 5.57 Å². The van der Waals surface area contributed by atoms with E-state index >= 15 is 0 Å². The first-order chi connectivity index (χ1) is 19.5. The van der Waals surface area contributed by atoms with Gasteiger partial charge in [-0.15, -0.1) is 0 Å². The standard InChI is InChI=1S/C40H54O/c1-31(17-11-19-33(3)23-25-37-35(5)21-13-27-39(37,7)8)15-9-10-16-32(2)18-12-20-34(4)24-26-38-36(6)22-14-28-40(38)29-41-30-40/h9-12,15-20,23-26H,13-14,21-22,27-30H2,1-8H3/b10-9+,17-11+,18-12+,25-23+,26-24+,31-15+,32-16+,33-19+,34-20+. The third-order valence-corrected chi connectivity index (χ3v) is 8.83. The molecule has 1 nitrogen and oxygen atoms in total. The molecular formula is C40H54O. The summed E-state index contributed by atoms with van der Waals surface area (Å²) in [7, 11) is 0. The smallest absolute Gasteiger partial charge is 0.0585 e. The topological polar surface area (TPSA) is 9.23 Å². The third-order valence-electron chi connectivity index (χ3n) is 8.83. The summed E-state index contributed by atoms with van der Waals surface area (Å²) in [6, 6.07) is 0. The SMILES string of the molecule is CC1=C(/C=C/C(C)=C/C=C/C(C)=C/C=C/C=C(C)/C=C/C=C(C)/C=C/C2=C(C)CCCC23COC3)C(C)(C)CCC1. The van der Waals surface area contributed by atoms with Crippen molar-refractivity contribution in [2.24, 2.45) is 10.8 Å². The Morgan fingerprint density at radius 3 is 1.51 bits per heavy atom. The van der Waals surface area contributed by atoms with Crippen molar-refractivity contribution in [1.29, 1.82) is 0 Å². The van der Waals surface area contributed by atoms with Crippen LogP contribution in [0.5, 0.6) is 0 Å². The molecule has 0 unspecified atom stereocenters. The number of rotatable bonds is 10. The van der Waals surface area contributed by atoms with Crippen molar-refractivity contribution in [3.05, 3.63) is 130 Å². The minimum absolute atomic E-state index is 0.289. The minimum Gasteiger partial charge on any atom is -0.379 e. The monoisotopic (exact) mass is 550 g/mol. The van der Waals surface area contributed by atoms with Gasteiger partial charge in [0.2, 0.25) is 0 Å². The van der Waals surface area contributed by atoms with Crippen molar-refractivity contribution >= 4 is 0 Å². The van der Waals surface area contributed by atoms with E-state index in [4.69, 9.17) is 4.74 Å². The summed E-state index contributed by atoms with van der Waals surface area (Å²) >= 11 is 0. The quantitative estimate of drug-likeness (QED) is 0.246. The molecule has 220 valence electrons. The molecule has 0 amide bonds. The van der Waals surface area contributed by atoms with Crippen LogP contribution < -0.4 is 0 Å². The number of allylic oxidation sites excluding steroid dienone is 21. The normalized spacial score (nSPS) is 23.0. The van der Waals surface area contributed by atoms with Crippen molar-refractivity contribution < 1.29 is 4.74 Å². The minimum atomic E-state index is 0.289. The lowest BCUT2D eigenvalue weighted by Gasteiger charge is -2.46. The Labute approximate surface area is 251 Å². The molecule has 41 heavy (non-hydrogen) atoms. The summed E-state index contributed by atoms with van der Waals surface area (Å²) < 4.78 is 5.59. The van der Waals surface area contributed by atoms with Gasteiger partial charge in [-0.1, -0.05) is 132 Å². The van der Waals surface area contributed by atoms with Crippen LogP contribution in [-0.2, 0) is 4.74 Å². The highest BCUT2D eigenvalue weighted by Crippen LogP contribution is 2.46. The molecule has 1 fully saturated rings. The molecule has 0 bridgehead atoms. The fraction of sp³-hybridized carbons (Fsp3) is 0.450. The van der Waals surface area contributed by atoms with Crippen LogP contribution in [0.25, 0.3) is 0 Å². The van der Waals surface area contributed by atoms with E-state index < -0.39 is 0 Å². The van der Waals surface area contributed by atoms with Gasteiger partial charge in [-0.05, 0) is 96.6 Å². The number of hydrogen-bond acceptors (Lipinski definition) is 1. The van der Waals surface area contributed by atoms with Crippen LogP contribution in [0.2, 0.25) is 0 Å². The van der Waals surface area contributed by atoms with E-state index in [1.165, 1.54) is 77.5 Å². The van der Waals surface area contributed by atoms with Crippen molar-refractivity contribution in [2.75, 3.05) is 13.2 Å². The predicted molar refractivity (Wildman–Crippen MR) is 181 cm³/mol. The van der Waals surface area contributed by atoms with Gasteiger partial charge < -0.3 is 4.74 Å². The molecule has 1 heterocycles. The van der Waals surface area contributed by atoms with Crippen LogP contribution in [0.3, 0.4) is 0 Å². The molecule has 0 aromatic carbocycles. The molecule has 0 saturated carbocycles. The van der Waals surface area contributed by atoms with Crippen molar-refractivity contribution in [3.8, 4) is 0 Å². The molecule has 0 aromatic rings. The Bertz CT molecular complexity index is 1270. The fourth-order valence-electron chi connectivity index (χ4n) is 6.16. The molecule has 0 atom stereocenters. The number of hydrogen-bond donors (Lipinski definition) is 0. The second-order valence-electron chi connectivity index (χ2n) is 13.2. The predicted octanol–water partition coefficient (Wildman–Crippen LogP) is 11.6. The van der Waals surface area contributed by atoms with E-state index in [0.717, 1.165) is 13.2 Å². The van der Waals surface area contributed by atoms with Crippen LogP contribution in [0.1, 0.15) is 93.9 Å². The van der Waals surface area contributed by atoms with Gasteiger partial charge in [0.25, 0.3) is 0 Å². The average Bonchev–Trinajstić information content (AvgIpc) is 2.88. The molecule has 1 spiro atoms. The molecule has 0 radical (unpaired) electrons. The summed E-state index contributed by atoms with van der Waals surface area (Å²) in [5.74, 6) is 0.